The molecule has 3 aromatic rings. The molecule has 7 heteroatoms. The van der Waals surface area contributed by atoms with Crippen molar-refractivity contribution in [1.29, 1.82) is 0 Å². The molecule has 0 aliphatic rings. The Kier molecular flexibility index (Phi) is 4.57. The number of nitrogens with zero attached hydrogens (tertiary/aromatic N) is 3. The van der Waals surface area contributed by atoms with Crippen molar-refractivity contribution in [2.45, 2.75) is 26.3 Å². The monoisotopic (exact) mass is 330 g/mol. The molecule has 0 saturated heterocycles. The molecule has 0 aliphatic heterocycles. The average molecular weight is 330 g/mol. The number of thiophene rings is 1. The van der Waals surface area contributed by atoms with Crippen LogP contribution in [0, 0.1) is 0 Å². The predicted molar refractivity (Wildman–Crippen MR) is 89.0 cm³/mol. The van der Waals surface area contributed by atoms with Crippen LogP contribution in [0.1, 0.15) is 41.7 Å². The normalized spacial score (nSPS) is 12.3. The molecular formula is C16H18N4O2S. The largest absolute Gasteiger partial charge is 0.477 e. The molecule has 0 aliphatic carbocycles. The molecule has 0 bridgehead atoms. The molecule has 1 N–H and O–H groups in total. The van der Waals surface area contributed by atoms with E-state index in [0.717, 1.165) is 11.3 Å². The number of carbonyl (C=O) groups excluding carboxylic acids is 1. The van der Waals surface area contributed by atoms with Crippen LogP contribution in [-0.2, 0) is 0 Å². The van der Waals surface area contributed by atoms with E-state index in [4.69, 9.17) is 4.74 Å². The first-order valence-corrected chi connectivity index (χ1v) is 8.42. The summed E-state index contributed by atoms with van der Waals surface area (Å²) in [5.74, 6) is 0.308. The van der Waals surface area contributed by atoms with E-state index in [1.54, 1.807) is 34.2 Å². The fourth-order valence-electron chi connectivity index (χ4n) is 2.29. The molecule has 0 radical (unpaired) electrons. The third kappa shape index (κ3) is 3.34. The van der Waals surface area contributed by atoms with Crippen molar-refractivity contribution in [1.82, 2.24) is 19.9 Å². The first kappa shape index (κ1) is 15.5. The summed E-state index contributed by atoms with van der Waals surface area (Å²) in [7, 11) is 0. The fourth-order valence-corrected chi connectivity index (χ4v) is 3.16. The van der Waals surface area contributed by atoms with Gasteiger partial charge in [-0.25, -0.2) is 9.50 Å². The summed E-state index contributed by atoms with van der Waals surface area (Å²) in [6, 6.07) is 7.54. The van der Waals surface area contributed by atoms with E-state index in [9.17, 15) is 4.79 Å². The van der Waals surface area contributed by atoms with E-state index in [-0.39, 0.29) is 11.9 Å². The van der Waals surface area contributed by atoms with Gasteiger partial charge in [0, 0.05) is 10.9 Å². The second-order valence-corrected chi connectivity index (χ2v) is 5.96. The van der Waals surface area contributed by atoms with Gasteiger partial charge in [0.1, 0.15) is 5.69 Å². The maximum atomic E-state index is 12.4. The lowest BCUT2D eigenvalue weighted by molar-refractivity contribution is 0.0931. The summed E-state index contributed by atoms with van der Waals surface area (Å²) in [5.41, 5.74) is 0.962. The van der Waals surface area contributed by atoms with Gasteiger partial charge in [-0.2, -0.15) is 0 Å². The van der Waals surface area contributed by atoms with Crippen molar-refractivity contribution in [2.24, 2.45) is 0 Å². The van der Waals surface area contributed by atoms with Crippen LogP contribution in [0.4, 0.5) is 0 Å². The number of hydrogen-bond acceptors (Lipinski definition) is 5. The van der Waals surface area contributed by atoms with Crippen molar-refractivity contribution in [3.05, 3.63) is 46.4 Å². The summed E-state index contributed by atoms with van der Waals surface area (Å²) in [4.78, 5) is 17.9. The average Bonchev–Trinajstić information content (AvgIpc) is 3.21. The molecule has 3 heterocycles. The number of carbonyl (C=O) groups is 1. The van der Waals surface area contributed by atoms with E-state index in [1.807, 2.05) is 31.4 Å². The van der Waals surface area contributed by atoms with Gasteiger partial charge in [0.25, 0.3) is 5.91 Å². The lowest BCUT2D eigenvalue weighted by Gasteiger charge is -2.14. The zero-order valence-electron chi connectivity index (χ0n) is 13.0. The smallest absolute Gasteiger partial charge is 0.272 e. The van der Waals surface area contributed by atoms with E-state index in [0.29, 0.717) is 23.8 Å². The molecular weight excluding hydrogens is 312 g/mol. The maximum Gasteiger partial charge on any atom is 0.272 e. The van der Waals surface area contributed by atoms with Crippen LogP contribution in [0.3, 0.4) is 0 Å². The molecule has 0 saturated carbocycles. The minimum atomic E-state index is -0.200. The minimum Gasteiger partial charge on any atom is -0.477 e. The summed E-state index contributed by atoms with van der Waals surface area (Å²) < 4.78 is 6.92. The first-order chi connectivity index (χ1) is 11.2. The Bertz CT molecular complexity index is 798. The highest BCUT2D eigenvalue weighted by Gasteiger charge is 2.17. The number of aromatic nitrogens is 3. The third-order valence-electron chi connectivity index (χ3n) is 3.42. The van der Waals surface area contributed by atoms with Crippen LogP contribution in [0.2, 0.25) is 0 Å². The minimum absolute atomic E-state index is 0.000688. The molecule has 1 atom stereocenters. The fraction of sp³-hybridized carbons (Fsp3) is 0.312. The molecule has 3 rings (SSSR count). The first-order valence-electron chi connectivity index (χ1n) is 7.54. The van der Waals surface area contributed by atoms with Crippen molar-refractivity contribution < 1.29 is 9.53 Å². The van der Waals surface area contributed by atoms with Gasteiger partial charge < -0.3 is 10.1 Å². The molecule has 0 fully saturated rings. The van der Waals surface area contributed by atoms with Crippen LogP contribution in [0.25, 0.3) is 5.65 Å². The van der Waals surface area contributed by atoms with Crippen LogP contribution in [0.15, 0.2) is 35.8 Å². The van der Waals surface area contributed by atoms with E-state index in [1.165, 1.54) is 0 Å². The number of amides is 1. The number of fused-ring (bicyclic) bond motifs is 1. The number of nitrogens with one attached hydrogen (secondary N) is 1. The molecule has 3 aromatic heterocycles. The zero-order chi connectivity index (χ0) is 16.2. The van der Waals surface area contributed by atoms with Crippen LogP contribution in [-0.4, -0.2) is 27.1 Å². The number of rotatable bonds is 6. The van der Waals surface area contributed by atoms with Crippen molar-refractivity contribution in [3.8, 4) is 5.88 Å². The Labute approximate surface area is 138 Å². The summed E-state index contributed by atoms with van der Waals surface area (Å²) >= 11 is 1.64. The lowest BCUT2D eigenvalue weighted by Crippen LogP contribution is -2.27. The van der Waals surface area contributed by atoms with E-state index in [2.05, 4.69) is 15.4 Å². The van der Waals surface area contributed by atoms with Gasteiger partial charge in [0.05, 0.1) is 18.8 Å². The number of imidazole rings is 1. The Morgan fingerprint density at radius 3 is 2.96 bits per heavy atom. The molecule has 1 amide bonds. The van der Waals surface area contributed by atoms with Gasteiger partial charge in [-0.15, -0.1) is 16.4 Å². The third-order valence-corrected chi connectivity index (χ3v) is 4.41. The Morgan fingerprint density at radius 2 is 2.26 bits per heavy atom. The van der Waals surface area contributed by atoms with Gasteiger partial charge in [-0.05, 0) is 30.9 Å². The van der Waals surface area contributed by atoms with Crippen molar-refractivity contribution in [2.75, 3.05) is 6.61 Å². The van der Waals surface area contributed by atoms with Crippen molar-refractivity contribution >= 4 is 22.9 Å². The molecule has 0 unspecified atom stereocenters. The molecule has 120 valence electrons. The van der Waals surface area contributed by atoms with Gasteiger partial charge in [0.15, 0.2) is 5.65 Å². The molecule has 23 heavy (non-hydrogen) atoms. The lowest BCUT2D eigenvalue weighted by atomic mass is 10.2. The van der Waals surface area contributed by atoms with Gasteiger partial charge in [0.2, 0.25) is 5.88 Å². The van der Waals surface area contributed by atoms with E-state index >= 15 is 0 Å². The maximum absolute atomic E-state index is 12.4. The highest BCUT2D eigenvalue weighted by atomic mass is 32.1. The summed E-state index contributed by atoms with van der Waals surface area (Å²) in [5, 5.41) is 9.30. The summed E-state index contributed by atoms with van der Waals surface area (Å²) in [6.45, 7) is 4.48. The molecule has 0 aromatic carbocycles. The predicted octanol–water partition coefficient (Wildman–Crippen LogP) is 3.07. The Hall–Kier alpha value is -2.41. The van der Waals surface area contributed by atoms with Gasteiger partial charge in [-0.1, -0.05) is 13.0 Å². The highest BCUT2D eigenvalue weighted by Crippen LogP contribution is 2.22. The Balaban J connectivity index is 1.80. The number of hydrogen-bond donors (Lipinski definition) is 1. The summed E-state index contributed by atoms with van der Waals surface area (Å²) in [6.07, 6.45) is 2.45. The molecule has 0 spiro atoms. The van der Waals surface area contributed by atoms with Crippen molar-refractivity contribution in [3.63, 3.8) is 0 Å². The quantitative estimate of drug-likeness (QED) is 0.754. The van der Waals surface area contributed by atoms with Crippen LogP contribution in [0.5, 0.6) is 5.88 Å². The second-order valence-electron chi connectivity index (χ2n) is 4.98. The Morgan fingerprint density at radius 1 is 1.39 bits per heavy atom. The number of ether oxygens (including phenoxy) is 1. The standard InChI is InChI=1S/C16H18N4O2S/c1-3-11(13-6-5-9-23-13)18-16(21)12-10-20-14(17-12)7-8-15(19-20)22-4-2/h5-11H,3-4H2,1-2H3,(H,18,21)/t11-/m0/s1. The topological polar surface area (TPSA) is 68.5 Å². The van der Waals surface area contributed by atoms with Gasteiger partial charge in [-0.3, -0.25) is 4.79 Å². The van der Waals surface area contributed by atoms with E-state index < -0.39 is 0 Å². The second kappa shape index (κ2) is 6.78. The zero-order valence-corrected chi connectivity index (χ0v) is 13.8. The SMILES string of the molecule is CCOc1ccc2nc(C(=O)N[C@@H](CC)c3cccs3)cn2n1. The highest BCUT2D eigenvalue weighted by molar-refractivity contribution is 7.10. The van der Waals surface area contributed by atoms with Gasteiger partial charge >= 0.3 is 0 Å². The molecule has 6 nitrogen and oxygen atoms in total. The van der Waals surface area contributed by atoms with Crippen LogP contribution >= 0.6 is 11.3 Å². The van der Waals surface area contributed by atoms with Crippen LogP contribution < -0.4 is 10.1 Å².